The number of aromatic hydroxyl groups is 2. The predicted octanol–water partition coefficient (Wildman–Crippen LogP) is -3.54. The van der Waals surface area contributed by atoms with E-state index in [0.29, 0.717) is 34.5 Å². The Kier molecular flexibility index (Phi) is 19.5. The Hall–Kier alpha value is -8.24. The zero-order chi connectivity index (χ0) is 57.9. The zero-order valence-electron chi connectivity index (χ0n) is 43.3. The molecule has 4 heterocycles. The van der Waals surface area contributed by atoms with E-state index in [-0.39, 0.29) is 77.2 Å². The van der Waals surface area contributed by atoms with Crippen LogP contribution in [0, 0.1) is 0 Å². The molecule has 30 heteroatoms. The van der Waals surface area contributed by atoms with Crippen LogP contribution in [-0.4, -0.2) is 189 Å². The van der Waals surface area contributed by atoms with E-state index in [1.807, 2.05) is 0 Å². The van der Waals surface area contributed by atoms with E-state index >= 15 is 0 Å². The first kappa shape index (κ1) is 58.9. The third kappa shape index (κ3) is 15.4. The second-order valence-corrected chi connectivity index (χ2v) is 18.9. The largest absolute Gasteiger partial charge is 0.508 e. The second kappa shape index (κ2) is 26.8. The van der Waals surface area contributed by atoms with Gasteiger partial charge in [0.05, 0.1) is 72.8 Å². The van der Waals surface area contributed by atoms with Crippen molar-refractivity contribution in [2.24, 2.45) is 25.7 Å². The van der Waals surface area contributed by atoms with E-state index in [0.717, 1.165) is 0 Å². The average molecular weight is 1130 g/mol. The molecule has 30 nitrogen and oxygen atoms in total. The van der Waals surface area contributed by atoms with Gasteiger partial charge in [0, 0.05) is 73.5 Å². The van der Waals surface area contributed by atoms with Gasteiger partial charge in [-0.25, -0.2) is 9.79 Å². The lowest BCUT2D eigenvalue weighted by atomic mass is 10.0. The standard InChI is InChI=1S/C51H63N15O15/c1-80-43-39-33(64-42(43)47(76)65-34(48(77)78)19-53-37(71)21-55-44(73)23-9-25(13-27(67)11-23)61-50-57-15-29(69)16-58-50)7-4-8-36(39)81-49(79)35(66-46(75)41-40(52)31-5-2-3-6-32(31)63-41)20-54-38(72)22-56-45(74)24-10-26(14-28(68)12-24)62-51-59-17-30(70)18-60-51/h2-14,29-30,34-35,40,43-47,55-56,65-70,73-76H,15-22,52H2,1H3,(H,53,71)(H,54,72)(H,77,78)(H2,57,58,61)(H2,59,60,62). The van der Waals surface area contributed by atoms with Crippen molar-refractivity contribution in [3.63, 3.8) is 0 Å². The van der Waals surface area contributed by atoms with Crippen molar-refractivity contribution < 1.29 is 74.6 Å². The van der Waals surface area contributed by atoms with E-state index in [2.05, 4.69) is 73.1 Å². The summed E-state index contributed by atoms with van der Waals surface area (Å²) in [6.45, 7) is -1.29. The third-order valence-corrected chi connectivity index (χ3v) is 12.9. The number of amides is 2. The van der Waals surface area contributed by atoms with Gasteiger partial charge in [0.2, 0.25) is 11.8 Å². The number of hydrogen-bond acceptors (Lipinski definition) is 27. The minimum absolute atomic E-state index is 0.0589. The normalized spacial score (nSPS) is 20.4. The minimum Gasteiger partial charge on any atom is -0.508 e. The number of phenolic OH excluding ortho intramolecular Hbond substituents is 2. The fraction of sp³-hybridized carbons (Fsp3) is 0.373. The van der Waals surface area contributed by atoms with Gasteiger partial charge in [-0.2, -0.15) is 0 Å². The van der Waals surface area contributed by atoms with Crippen LogP contribution in [0.15, 0.2) is 98.8 Å². The number of carbonyl (C=O) groups excluding carboxylic acids is 3. The molecule has 8 rings (SSSR count). The van der Waals surface area contributed by atoms with Gasteiger partial charge in [-0.05, 0) is 42.5 Å². The van der Waals surface area contributed by atoms with Gasteiger partial charge >= 0.3 is 11.9 Å². The number of fused-ring (bicyclic) bond motifs is 2. The van der Waals surface area contributed by atoms with Crippen LogP contribution in [0.5, 0.6) is 17.2 Å². The third-order valence-electron chi connectivity index (χ3n) is 12.9. The van der Waals surface area contributed by atoms with Crippen LogP contribution in [-0.2, 0) is 23.9 Å². The van der Waals surface area contributed by atoms with E-state index in [9.17, 15) is 65.1 Å². The van der Waals surface area contributed by atoms with Gasteiger partial charge in [-0.1, -0.05) is 24.3 Å². The highest BCUT2D eigenvalue weighted by Crippen LogP contribution is 2.43. The Balaban J connectivity index is 0.883. The minimum atomic E-state index is -1.83. The SMILES string of the molecule is COC1C(C(O)NC(CNC(=O)CNC(O)c2cc(O)cc(NC3=NCC(O)CN3)c2)C(=O)O)=Nc2cccc(OC(=O)C(CNC(=O)CNC(O)c3cc(O)cc(NC4=NCC(O)CN4)c3)NC(O)C3=Nc4ccccc4C3N)c21. The van der Waals surface area contributed by atoms with Crippen LogP contribution in [0.25, 0.3) is 0 Å². The molecule has 21 N–H and O–H groups in total. The molecule has 4 aromatic carbocycles. The molecule has 4 aliphatic rings. The summed E-state index contributed by atoms with van der Waals surface area (Å²) < 4.78 is 11.6. The van der Waals surface area contributed by atoms with Gasteiger partial charge < -0.3 is 93.1 Å². The molecule has 0 aromatic heterocycles. The topological polar surface area (TPSA) is 465 Å². The number of β-amino-alcohol motifs (C(OH)–C–C–N with tert-alkyl or cyclic N) is 2. The van der Waals surface area contributed by atoms with E-state index in [1.54, 1.807) is 24.3 Å². The molecular formula is C51H63N15O15. The number of aliphatic hydroxyl groups is 6. The van der Waals surface area contributed by atoms with Gasteiger partial charge in [0.25, 0.3) is 0 Å². The number of para-hydroxylation sites is 1. The number of rotatable bonds is 24. The zero-order valence-corrected chi connectivity index (χ0v) is 43.3. The van der Waals surface area contributed by atoms with Crippen LogP contribution in [0.4, 0.5) is 22.7 Å². The summed E-state index contributed by atoms with van der Waals surface area (Å²) in [7, 11) is 1.26. The maximum absolute atomic E-state index is 14.3. The number of esters is 1. The number of phenols is 2. The number of carboxylic acid groups (broad SMARTS) is 1. The maximum Gasteiger partial charge on any atom is 0.330 e. The predicted molar refractivity (Wildman–Crippen MR) is 291 cm³/mol. The maximum atomic E-state index is 14.3. The van der Waals surface area contributed by atoms with Crippen molar-refractivity contribution in [2.75, 3.05) is 70.1 Å². The number of nitrogens with zero attached hydrogens (tertiary/aromatic N) is 4. The summed E-state index contributed by atoms with van der Waals surface area (Å²) in [5, 5.41) is 122. The lowest BCUT2D eigenvalue weighted by Gasteiger charge is -2.25. The number of anilines is 2. The number of nitrogens with one attached hydrogen (secondary N) is 10. The lowest BCUT2D eigenvalue weighted by Crippen LogP contribution is -2.55. The van der Waals surface area contributed by atoms with Crippen molar-refractivity contribution in [1.29, 1.82) is 0 Å². The first-order chi connectivity index (χ1) is 38.8. The molecule has 4 aliphatic heterocycles. The summed E-state index contributed by atoms with van der Waals surface area (Å²) in [6, 6.07) is 15.5. The second-order valence-electron chi connectivity index (χ2n) is 18.9. The summed E-state index contributed by atoms with van der Waals surface area (Å²) in [4.78, 5) is 70.1. The van der Waals surface area contributed by atoms with Crippen LogP contribution in [0.1, 0.15) is 46.9 Å². The summed E-state index contributed by atoms with van der Waals surface area (Å²) >= 11 is 0. The van der Waals surface area contributed by atoms with E-state index in [1.165, 1.54) is 61.7 Å². The van der Waals surface area contributed by atoms with Crippen molar-refractivity contribution in [3.05, 3.63) is 101 Å². The number of benzene rings is 4. The monoisotopic (exact) mass is 1130 g/mol. The Morgan fingerprint density at radius 3 is 1.73 bits per heavy atom. The van der Waals surface area contributed by atoms with Gasteiger partial charge in [0.1, 0.15) is 60.3 Å². The molecule has 10 atom stereocenters. The van der Waals surface area contributed by atoms with Crippen molar-refractivity contribution in [1.82, 2.24) is 42.5 Å². The summed E-state index contributed by atoms with van der Waals surface area (Å²) in [5.41, 5.74) is 8.75. The highest BCUT2D eigenvalue weighted by Gasteiger charge is 2.38. The number of methoxy groups -OCH3 is 1. The molecule has 0 radical (unpaired) electrons. The van der Waals surface area contributed by atoms with Gasteiger partial charge in [-0.15, -0.1) is 0 Å². The number of nitrogens with two attached hydrogens (primary N) is 1. The number of carbonyl (C=O) groups is 4. The van der Waals surface area contributed by atoms with Crippen molar-refractivity contribution in [3.8, 4) is 17.2 Å². The molecule has 0 fully saturated rings. The number of guanidine groups is 2. The Morgan fingerprint density at radius 1 is 0.679 bits per heavy atom. The fourth-order valence-electron chi connectivity index (χ4n) is 8.79. The van der Waals surface area contributed by atoms with Gasteiger partial charge in [-0.3, -0.25) is 50.6 Å². The molecule has 0 bridgehead atoms. The van der Waals surface area contributed by atoms with Crippen LogP contribution >= 0.6 is 0 Å². The smallest absolute Gasteiger partial charge is 0.330 e. The molecular weight excluding hydrogens is 1060 g/mol. The average Bonchev–Trinajstić information content (AvgIpc) is 4.23. The highest BCUT2D eigenvalue weighted by atomic mass is 16.5. The summed E-state index contributed by atoms with van der Waals surface area (Å²) in [5.74, 6) is -3.90. The highest BCUT2D eigenvalue weighted by molar-refractivity contribution is 6.02. The summed E-state index contributed by atoms with van der Waals surface area (Å²) in [6.07, 6.45) is -9.00. The number of aliphatic hydroxyl groups excluding tert-OH is 6. The number of hydrogen-bond donors (Lipinski definition) is 20. The number of carboxylic acids is 1. The van der Waals surface area contributed by atoms with Crippen molar-refractivity contribution in [2.45, 2.75) is 61.3 Å². The Bertz CT molecular complexity index is 3090. The molecule has 10 unspecified atom stereocenters. The van der Waals surface area contributed by atoms with Crippen molar-refractivity contribution >= 4 is 69.8 Å². The van der Waals surface area contributed by atoms with Crippen LogP contribution in [0.3, 0.4) is 0 Å². The Morgan fingerprint density at radius 2 is 1.20 bits per heavy atom. The van der Waals surface area contributed by atoms with E-state index in [4.69, 9.17) is 15.2 Å². The number of aliphatic carboxylic acids is 1. The van der Waals surface area contributed by atoms with Gasteiger partial charge in [0.15, 0.2) is 11.9 Å². The quantitative estimate of drug-likeness (QED) is 0.0184. The lowest BCUT2D eigenvalue weighted by molar-refractivity contribution is -0.140. The molecule has 2 amide bonds. The first-order valence-electron chi connectivity index (χ1n) is 25.3. The Labute approximate surface area is 461 Å². The van der Waals surface area contributed by atoms with Crippen LogP contribution < -0.4 is 63.6 Å². The fourth-order valence-corrected chi connectivity index (χ4v) is 8.79. The molecule has 81 heavy (non-hydrogen) atoms. The number of ether oxygens (including phenoxy) is 2. The van der Waals surface area contributed by atoms with E-state index < -0.39 is 111 Å². The first-order valence-corrected chi connectivity index (χ1v) is 25.3. The molecule has 4 aromatic rings. The molecule has 0 saturated heterocycles. The molecule has 0 spiro atoms. The van der Waals surface area contributed by atoms with Crippen LogP contribution in [0.2, 0.25) is 0 Å². The number of aliphatic imine (C=N–C) groups is 4. The molecule has 0 aliphatic carbocycles. The molecule has 0 saturated carbocycles. The molecule has 432 valence electrons.